The van der Waals surface area contributed by atoms with E-state index in [-0.39, 0.29) is 10.8 Å². The molecular formula is C22H29N3O3S. The minimum atomic E-state index is -3.58. The van der Waals surface area contributed by atoms with Gasteiger partial charge in [-0.05, 0) is 55.7 Å². The van der Waals surface area contributed by atoms with Crippen LogP contribution >= 0.6 is 0 Å². The minimum absolute atomic E-state index is 0.263. The first-order chi connectivity index (χ1) is 13.8. The molecule has 0 spiro atoms. The molecule has 1 N–H and O–H groups in total. The number of nitrogens with one attached hydrogen (secondary N) is 1. The third-order valence-corrected chi connectivity index (χ3v) is 7.29. The van der Waals surface area contributed by atoms with Gasteiger partial charge in [0, 0.05) is 44.1 Å². The average Bonchev–Trinajstić information content (AvgIpc) is 2.99. The number of benzene rings is 2. The Bertz CT molecular complexity index is 979. The Kier molecular flexibility index (Phi) is 6.59. The highest BCUT2D eigenvalue weighted by Gasteiger charge is 2.27. The number of sulfonamides is 1. The van der Waals surface area contributed by atoms with Gasteiger partial charge in [0.25, 0.3) is 5.91 Å². The number of carbonyl (C=O) groups is 1. The fourth-order valence-corrected chi connectivity index (χ4v) is 5.27. The Morgan fingerprint density at radius 1 is 1.00 bits per heavy atom. The van der Waals surface area contributed by atoms with Gasteiger partial charge in [-0.3, -0.25) is 4.79 Å². The van der Waals surface area contributed by atoms with Gasteiger partial charge in [-0.25, -0.2) is 8.42 Å². The highest BCUT2D eigenvalue weighted by atomic mass is 32.2. The van der Waals surface area contributed by atoms with Crippen LogP contribution in [0.15, 0.2) is 47.4 Å². The molecule has 2 aromatic carbocycles. The Hall–Kier alpha value is -2.38. The molecule has 29 heavy (non-hydrogen) atoms. The Balaban J connectivity index is 1.85. The maximum absolute atomic E-state index is 13.2. The zero-order valence-electron chi connectivity index (χ0n) is 17.3. The SMILES string of the molecule is Cc1ccc(NC(=O)c2cccc(N(C)C)c2)cc1S(=O)(=O)N1CCCCCC1. The van der Waals surface area contributed by atoms with Gasteiger partial charge in [0.05, 0.1) is 4.90 Å². The Morgan fingerprint density at radius 2 is 1.69 bits per heavy atom. The van der Waals surface area contributed by atoms with Gasteiger partial charge in [-0.15, -0.1) is 0 Å². The van der Waals surface area contributed by atoms with Crippen LogP contribution in [0.4, 0.5) is 11.4 Å². The number of rotatable bonds is 5. The van der Waals surface area contributed by atoms with Crippen LogP contribution in [0.3, 0.4) is 0 Å². The van der Waals surface area contributed by atoms with Gasteiger partial charge in [-0.1, -0.05) is 25.0 Å². The fraction of sp³-hybridized carbons (Fsp3) is 0.409. The van der Waals surface area contributed by atoms with Crippen molar-refractivity contribution in [1.29, 1.82) is 0 Å². The number of anilines is 2. The molecule has 7 heteroatoms. The molecule has 0 aromatic heterocycles. The molecular weight excluding hydrogens is 386 g/mol. The zero-order valence-corrected chi connectivity index (χ0v) is 18.1. The lowest BCUT2D eigenvalue weighted by Crippen LogP contribution is -2.32. The van der Waals surface area contributed by atoms with E-state index in [1.165, 1.54) is 0 Å². The number of aryl methyl sites for hydroxylation is 1. The van der Waals surface area contributed by atoms with Crippen molar-refractivity contribution in [2.24, 2.45) is 0 Å². The molecule has 1 saturated heterocycles. The van der Waals surface area contributed by atoms with Crippen LogP contribution in [0.5, 0.6) is 0 Å². The first-order valence-corrected chi connectivity index (χ1v) is 11.4. The Labute approximate surface area is 173 Å². The van der Waals surface area contributed by atoms with Gasteiger partial charge in [0.2, 0.25) is 10.0 Å². The van der Waals surface area contributed by atoms with E-state index in [0.29, 0.717) is 29.9 Å². The quantitative estimate of drug-likeness (QED) is 0.805. The fourth-order valence-electron chi connectivity index (χ4n) is 3.51. The van der Waals surface area contributed by atoms with Crippen molar-refractivity contribution in [3.63, 3.8) is 0 Å². The summed E-state index contributed by atoms with van der Waals surface area (Å²) in [4.78, 5) is 14.9. The molecule has 1 fully saturated rings. The van der Waals surface area contributed by atoms with E-state index in [2.05, 4.69) is 5.32 Å². The first-order valence-electron chi connectivity index (χ1n) is 9.98. The summed E-state index contributed by atoms with van der Waals surface area (Å²) in [5, 5.41) is 2.84. The van der Waals surface area contributed by atoms with Crippen LogP contribution < -0.4 is 10.2 Å². The van der Waals surface area contributed by atoms with E-state index in [4.69, 9.17) is 0 Å². The van der Waals surface area contributed by atoms with Gasteiger partial charge in [-0.2, -0.15) is 4.31 Å². The number of hydrogen-bond donors (Lipinski definition) is 1. The van der Waals surface area contributed by atoms with Crippen LogP contribution in [0.2, 0.25) is 0 Å². The maximum Gasteiger partial charge on any atom is 0.255 e. The second kappa shape index (κ2) is 8.97. The van der Waals surface area contributed by atoms with E-state index in [0.717, 1.165) is 31.4 Å². The summed E-state index contributed by atoms with van der Waals surface area (Å²) < 4.78 is 28.0. The van der Waals surface area contributed by atoms with Crippen molar-refractivity contribution in [3.05, 3.63) is 53.6 Å². The maximum atomic E-state index is 13.2. The molecule has 0 bridgehead atoms. The molecule has 0 aliphatic carbocycles. The lowest BCUT2D eigenvalue weighted by molar-refractivity contribution is 0.102. The van der Waals surface area contributed by atoms with Crippen molar-refractivity contribution in [2.45, 2.75) is 37.5 Å². The smallest absolute Gasteiger partial charge is 0.255 e. The number of hydrogen-bond acceptors (Lipinski definition) is 4. The van der Waals surface area contributed by atoms with Gasteiger partial charge < -0.3 is 10.2 Å². The molecule has 1 amide bonds. The molecule has 0 radical (unpaired) electrons. The molecule has 1 aliphatic heterocycles. The van der Waals surface area contributed by atoms with Crippen molar-refractivity contribution < 1.29 is 13.2 Å². The minimum Gasteiger partial charge on any atom is -0.378 e. The summed E-state index contributed by atoms with van der Waals surface area (Å²) in [6.07, 6.45) is 3.90. The molecule has 2 aromatic rings. The summed E-state index contributed by atoms with van der Waals surface area (Å²) in [5.74, 6) is -0.268. The molecule has 1 aliphatic rings. The Morgan fingerprint density at radius 3 is 2.34 bits per heavy atom. The highest BCUT2D eigenvalue weighted by molar-refractivity contribution is 7.89. The molecule has 0 atom stereocenters. The van der Waals surface area contributed by atoms with E-state index >= 15 is 0 Å². The van der Waals surface area contributed by atoms with Gasteiger partial charge in [0.1, 0.15) is 0 Å². The number of nitrogens with zero attached hydrogens (tertiary/aromatic N) is 2. The predicted molar refractivity (Wildman–Crippen MR) is 117 cm³/mol. The van der Waals surface area contributed by atoms with Crippen LogP contribution in [0.1, 0.15) is 41.6 Å². The summed E-state index contributed by atoms with van der Waals surface area (Å²) in [7, 11) is 0.246. The summed E-state index contributed by atoms with van der Waals surface area (Å²) in [6.45, 7) is 2.89. The summed E-state index contributed by atoms with van der Waals surface area (Å²) in [6, 6.07) is 12.4. The number of carbonyl (C=O) groups excluding carboxylic acids is 1. The third kappa shape index (κ3) is 4.97. The largest absolute Gasteiger partial charge is 0.378 e. The topological polar surface area (TPSA) is 69.7 Å². The molecule has 0 unspecified atom stereocenters. The summed E-state index contributed by atoms with van der Waals surface area (Å²) in [5.41, 5.74) is 2.60. The normalized spacial score (nSPS) is 15.6. The monoisotopic (exact) mass is 415 g/mol. The van der Waals surface area contributed by atoms with E-state index < -0.39 is 10.0 Å². The van der Waals surface area contributed by atoms with Crippen molar-refractivity contribution in [3.8, 4) is 0 Å². The lowest BCUT2D eigenvalue weighted by atomic mass is 10.1. The predicted octanol–water partition coefficient (Wildman–Crippen LogP) is 3.88. The second-order valence-electron chi connectivity index (χ2n) is 7.70. The van der Waals surface area contributed by atoms with Crippen LogP contribution in [0, 0.1) is 6.92 Å². The van der Waals surface area contributed by atoms with Gasteiger partial charge >= 0.3 is 0 Å². The van der Waals surface area contributed by atoms with E-state index in [1.807, 2.05) is 31.1 Å². The lowest BCUT2D eigenvalue weighted by Gasteiger charge is -2.21. The van der Waals surface area contributed by atoms with Gasteiger partial charge in [0.15, 0.2) is 0 Å². The first kappa shape index (κ1) is 21.3. The standard InChI is InChI=1S/C22H29N3O3S/c1-17-11-12-19(23-22(26)18-9-8-10-20(15-18)24(2)3)16-21(17)29(27,28)25-13-6-4-5-7-14-25/h8-12,15-16H,4-7,13-14H2,1-3H3,(H,23,26). The average molecular weight is 416 g/mol. The van der Waals surface area contributed by atoms with Crippen LogP contribution in [0.25, 0.3) is 0 Å². The summed E-state index contributed by atoms with van der Waals surface area (Å²) >= 11 is 0. The molecule has 6 nitrogen and oxygen atoms in total. The number of amides is 1. The van der Waals surface area contributed by atoms with E-state index in [1.54, 1.807) is 41.6 Å². The van der Waals surface area contributed by atoms with Crippen molar-refractivity contribution in [2.75, 3.05) is 37.4 Å². The second-order valence-corrected chi connectivity index (χ2v) is 9.60. The van der Waals surface area contributed by atoms with Crippen LogP contribution in [-0.4, -0.2) is 45.8 Å². The molecule has 1 heterocycles. The van der Waals surface area contributed by atoms with Crippen molar-refractivity contribution in [1.82, 2.24) is 4.31 Å². The molecule has 3 rings (SSSR count). The van der Waals surface area contributed by atoms with E-state index in [9.17, 15) is 13.2 Å². The third-order valence-electron chi connectivity index (χ3n) is 5.25. The molecule has 0 saturated carbocycles. The van der Waals surface area contributed by atoms with Crippen molar-refractivity contribution >= 4 is 27.3 Å². The van der Waals surface area contributed by atoms with Crippen LogP contribution in [-0.2, 0) is 10.0 Å². The zero-order chi connectivity index (χ0) is 21.0. The molecule has 156 valence electrons. The highest BCUT2D eigenvalue weighted by Crippen LogP contribution is 2.26.